The molecule has 0 aliphatic carbocycles. The normalized spacial score (nSPS) is 10.4. The average Bonchev–Trinajstić information content (AvgIpc) is 2.43. The Balaban J connectivity index is 2.03. The maximum absolute atomic E-state index is 13.6. The number of aromatic hydroxyl groups is 1. The second-order valence-electron chi connectivity index (χ2n) is 4.38. The summed E-state index contributed by atoms with van der Waals surface area (Å²) in [5, 5.41) is 22.2. The number of anilines is 1. The Morgan fingerprint density at radius 1 is 1.14 bits per heavy atom. The lowest BCUT2D eigenvalue weighted by Gasteiger charge is -2.09. The summed E-state index contributed by atoms with van der Waals surface area (Å²) < 4.78 is 27.2. The van der Waals surface area contributed by atoms with E-state index in [-0.39, 0.29) is 18.0 Å². The Labute approximate surface area is 119 Å². The van der Waals surface area contributed by atoms with Crippen LogP contribution in [0.2, 0.25) is 0 Å². The lowest BCUT2D eigenvalue weighted by molar-refractivity contribution is -0.385. The number of nitrogens with one attached hydrogen (secondary N) is 1. The molecule has 0 bridgehead atoms. The SMILES string of the molecule is O=[N+]([O-])c1cc(F)c(NCCc2ccc(O)cc2)c(F)c1. The molecule has 0 spiro atoms. The molecule has 2 rings (SSSR count). The summed E-state index contributed by atoms with van der Waals surface area (Å²) in [6.07, 6.45) is 0.482. The second kappa shape index (κ2) is 6.17. The van der Waals surface area contributed by atoms with Gasteiger partial charge in [0.15, 0.2) is 11.6 Å². The average molecular weight is 294 g/mol. The molecule has 0 atom stereocenters. The molecule has 110 valence electrons. The van der Waals surface area contributed by atoms with Gasteiger partial charge in [0.05, 0.1) is 17.1 Å². The van der Waals surface area contributed by atoms with Gasteiger partial charge in [-0.2, -0.15) is 0 Å². The van der Waals surface area contributed by atoms with Crippen molar-refractivity contribution in [1.29, 1.82) is 0 Å². The summed E-state index contributed by atoms with van der Waals surface area (Å²) >= 11 is 0. The van der Waals surface area contributed by atoms with Crippen molar-refractivity contribution in [3.8, 4) is 5.75 Å². The van der Waals surface area contributed by atoms with E-state index >= 15 is 0 Å². The van der Waals surface area contributed by atoms with Gasteiger partial charge >= 0.3 is 0 Å². The van der Waals surface area contributed by atoms with Crippen LogP contribution in [-0.2, 0) is 6.42 Å². The number of nitro groups is 1. The van der Waals surface area contributed by atoms with Crippen molar-refractivity contribution in [2.24, 2.45) is 0 Å². The molecule has 0 saturated carbocycles. The molecule has 0 radical (unpaired) electrons. The lowest BCUT2D eigenvalue weighted by atomic mass is 10.1. The fourth-order valence-electron chi connectivity index (χ4n) is 1.83. The molecule has 5 nitrogen and oxygen atoms in total. The number of rotatable bonds is 5. The summed E-state index contributed by atoms with van der Waals surface area (Å²) in [5.41, 5.74) is -0.142. The maximum Gasteiger partial charge on any atom is 0.275 e. The number of hydrogen-bond donors (Lipinski definition) is 2. The van der Waals surface area contributed by atoms with Crippen molar-refractivity contribution in [2.75, 3.05) is 11.9 Å². The fraction of sp³-hybridized carbons (Fsp3) is 0.143. The standard InChI is InChI=1S/C14H12F2N2O3/c15-12-7-10(18(20)21)8-13(16)14(12)17-6-5-9-1-3-11(19)4-2-9/h1-4,7-8,17,19H,5-6H2. The van der Waals surface area contributed by atoms with E-state index in [2.05, 4.69) is 5.32 Å². The molecule has 0 aliphatic rings. The van der Waals surface area contributed by atoms with Crippen LogP contribution >= 0.6 is 0 Å². The summed E-state index contributed by atoms with van der Waals surface area (Å²) in [4.78, 5) is 9.62. The van der Waals surface area contributed by atoms with Gasteiger partial charge < -0.3 is 10.4 Å². The lowest BCUT2D eigenvalue weighted by Crippen LogP contribution is -2.08. The van der Waals surface area contributed by atoms with Crippen LogP contribution in [0.3, 0.4) is 0 Å². The molecule has 0 aliphatic heterocycles. The van der Waals surface area contributed by atoms with Crippen LogP contribution in [0.15, 0.2) is 36.4 Å². The number of hydrogen-bond acceptors (Lipinski definition) is 4. The van der Waals surface area contributed by atoms with Crippen molar-refractivity contribution in [2.45, 2.75) is 6.42 Å². The smallest absolute Gasteiger partial charge is 0.275 e. The van der Waals surface area contributed by atoms with E-state index in [0.717, 1.165) is 5.56 Å². The molecule has 2 aromatic rings. The van der Waals surface area contributed by atoms with E-state index in [9.17, 15) is 18.9 Å². The first-order valence-electron chi connectivity index (χ1n) is 6.12. The van der Waals surface area contributed by atoms with E-state index in [1.807, 2.05) is 0 Å². The van der Waals surface area contributed by atoms with Gasteiger partial charge in [-0.25, -0.2) is 8.78 Å². The zero-order valence-electron chi connectivity index (χ0n) is 10.8. The Hall–Kier alpha value is -2.70. The maximum atomic E-state index is 13.6. The van der Waals surface area contributed by atoms with Crippen LogP contribution in [0.4, 0.5) is 20.2 Å². The topological polar surface area (TPSA) is 75.4 Å². The van der Waals surface area contributed by atoms with Crippen molar-refractivity contribution < 1.29 is 18.8 Å². The van der Waals surface area contributed by atoms with E-state index in [4.69, 9.17) is 5.11 Å². The third kappa shape index (κ3) is 3.65. The number of halogens is 2. The third-order valence-corrected chi connectivity index (χ3v) is 2.89. The molecule has 2 aromatic carbocycles. The van der Waals surface area contributed by atoms with Crippen molar-refractivity contribution in [1.82, 2.24) is 0 Å². The molecule has 2 N–H and O–H groups in total. The zero-order chi connectivity index (χ0) is 15.4. The van der Waals surface area contributed by atoms with Crippen LogP contribution in [0.1, 0.15) is 5.56 Å². The number of nitro benzene ring substituents is 1. The molecular formula is C14H12F2N2O3. The fourth-order valence-corrected chi connectivity index (χ4v) is 1.83. The minimum atomic E-state index is -1.01. The van der Waals surface area contributed by atoms with Gasteiger partial charge in [-0.3, -0.25) is 10.1 Å². The Kier molecular flexibility index (Phi) is 4.32. The van der Waals surface area contributed by atoms with Crippen molar-refractivity contribution in [3.63, 3.8) is 0 Å². The predicted molar refractivity (Wildman–Crippen MR) is 73.3 cm³/mol. The van der Waals surface area contributed by atoms with Gasteiger partial charge in [0, 0.05) is 6.54 Å². The Morgan fingerprint density at radius 3 is 2.24 bits per heavy atom. The molecule has 0 heterocycles. The molecule has 21 heavy (non-hydrogen) atoms. The highest BCUT2D eigenvalue weighted by Gasteiger charge is 2.16. The largest absolute Gasteiger partial charge is 0.508 e. The first kappa shape index (κ1) is 14.7. The van der Waals surface area contributed by atoms with Gasteiger partial charge in [-0.15, -0.1) is 0 Å². The number of phenols is 1. The van der Waals surface area contributed by atoms with Gasteiger partial charge in [0.25, 0.3) is 5.69 Å². The molecule has 0 saturated heterocycles. The molecule has 0 fully saturated rings. The van der Waals surface area contributed by atoms with E-state index < -0.39 is 22.2 Å². The van der Waals surface area contributed by atoms with Crippen LogP contribution < -0.4 is 5.32 Å². The number of nitrogens with zero attached hydrogens (tertiary/aromatic N) is 1. The minimum absolute atomic E-state index is 0.138. The predicted octanol–water partition coefficient (Wildman–Crippen LogP) is 3.23. The van der Waals surface area contributed by atoms with Gasteiger partial charge in [-0.1, -0.05) is 12.1 Å². The minimum Gasteiger partial charge on any atom is -0.508 e. The van der Waals surface area contributed by atoms with E-state index in [0.29, 0.717) is 18.6 Å². The van der Waals surface area contributed by atoms with E-state index in [1.165, 1.54) is 12.1 Å². The van der Waals surface area contributed by atoms with Crippen LogP contribution in [0, 0.1) is 21.7 Å². The van der Waals surface area contributed by atoms with E-state index in [1.54, 1.807) is 12.1 Å². The van der Waals surface area contributed by atoms with Crippen LogP contribution in [0.5, 0.6) is 5.75 Å². The quantitative estimate of drug-likeness (QED) is 0.655. The summed E-state index contributed by atoms with van der Waals surface area (Å²) in [6, 6.07) is 7.77. The molecule has 0 unspecified atom stereocenters. The highest BCUT2D eigenvalue weighted by Crippen LogP contribution is 2.24. The first-order chi connectivity index (χ1) is 9.97. The van der Waals surface area contributed by atoms with Crippen molar-refractivity contribution >= 4 is 11.4 Å². The highest BCUT2D eigenvalue weighted by molar-refractivity contribution is 5.51. The van der Waals surface area contributed by atoms with Crippen molar-refractivity contribution in [3.05, 3.63) is 63.7 Å². The Morgan fingerprint density at radius 2 is 1.71 bits per heavy atom. The third-order valence-electron chi connectivity index (χ3n) is 2.89. The summed E-state index contributed by atoms with van der Waals surface area (Å²) in [5.74, 6) is -1.88. The summed E-state index contributed by atoms with van der Waals surface area (Å²) in [7, 11) is 0. The zero-order valence-corrected chi connectivity index (χ0v) is 10.8. The monoisotopic (exact) mass is 294 g/mol. The molecule has 0 aromatic heterocycles. The number of phenolic OH excluding ortho intramolecular Hbond substituents is 1. The molecule has 7 heteroatoms. The number of benzene rings is 2. The van der Waals surface area contributed by atoms with Gasteiger partial charge in [0.1, 0.15) is 11.4 Å². The Bertz CT molecular complexity index is 637. The summed E-state index contributed by atoms with van der Waals surface area (Å²) in [6.45, 7) is 0.246. The molecular weight excluding hydrogens is 282 g/mol. The first-order valence-corrected chi connectivity index (χ1v) is 6.12. The number of non-ortho nitro benzene ring substituents is 1. The van der Waals surface area contributed by atoms with Gasteiger partial charge in [-0.05, 0) is 24.1 Å². The van der Waals surface area contributed by atoms with Gasteiger partial charge in [0.2, 0.25) is 0 Å². The highest BCUT2D eigenvalue weighted by atomic mass is 19.1. The second-order valence-corrected chi connectivity index (χ2v) is 4.38. The molecule has 0 amide bonds. The van der Waals surface area contributed by atoms with Crippen LogP contribution in [0.25, 0.3) is 0 Å². The van der Waals surface area contributed by atoms with Crippen LogP contribution in [-0.4, -0.2) is 16.6 Å².